The van der Waals surface area contributed by atoms with E-state index in [0.29, 0.717) is 23.5 Å². The van der Waals surface area contributed by atoms with Gasteiger partial charge in [0.1, 0.15) is 0 Å². The van der Waals surface area contributed by atoms with Crippen LogP contribution in [0.4, 0.5) is 0 Å². The Balaban J connectivity index is 2.21. The van der Waals surface area contributed by atoms with E-state index in [-0.39, 0.29) is 16.8 Å². The van der Waals surface area contributed by atoms with E-state index in [1.54, 1.807) is 12.1 Å². The molecule has 1 aromatic rings. The number of carbonyl (C=O) groups is 1. The first-order valence-corrected chi connectivity index (χ1v) is 8.84. The third-order valence-corrected chi connectivity index (χ3v) is 5.23. The van der Waals surface area contributed by atoms with Gasteiger partial charge in [-0.25, -0.2) is 13.6 Å². The summed E-state index contributed by atoms with van der Waals surface area (Å²) in [7, 11) is -3.82. The molecule has 6 heteroatoms. The molecule has 2 rings (SSSR count). The fraction of sp³-hybridized carbons (Fsp3) is 0.533. The highest BCUT2D eigenvalue weighted by atomic mass is 32.2. The second-order valence-electron chi connectivity index (χ2n) is 5.67. The van der Waals surface area contributed by atoms with Crippen LogP contribution in [0.25, 0.3) is 0 Å². The van der Waals surface area contributed by atoms with Crippen LogP contribution in [0.1, 0.15) is 49.0 Å². The average molecular weight is 310 g/mol. The molecule has 1 aromatic carbocycles. The Kier molecular flexibility index (Phi) is 4.68. The summed E-state index contributed by atoms with van der Waals surface area (Å²) in [6.45, 7) is 3.84. The molecule has 0 spiro atoms. The van der Waals surface area contributed by atoms with E-state index in [9.17, 15) is 13.2 Å². The Morgan fingerprint density at radius 2 is 2.10 bits per heavy atom. The van der Waals surface area contributed by atoms with Gasteiger partial charge in [0.2, 0.25) is 10.0 Å². The van der Waals surface area contributed by atoms with E-state index >= 15 is 0 Å². The summed E-state index contributed by atoms with van der Waals surface area (Å²) in [5.74, 6) is 0.281. The van der Waals surface area contributed by atoms with Crippen LogP contribution >= 0.6 is 0 Å². The third kappa shape index (κ3) is 3.63. The third-order valence-electron chi connectivity index (χ3n) is 4.23. The number of benzene rings is 1. The first-order chi connectivity index (χ1) is 9.82. The van der Waals surface area contributed by atoms with Crippen LogP contribution in [-0.4, -0.2) is 20.4 Å². The van der Waals surface area contributed by atoms with Gasteiger partial charge in [0, 0.05) is 11.6 Å². The maximum atomic E-state index is 12.2. The molecule has 21 heavy (non-hydrogen) atoms. The highest BCUT2D eigenvalue weighted by Gasteiger charge is 2.25. The first-order valence-electron chi connectivity index (χ1n) is 7.29. The minimum absolute atomic E-state index is 0.0361. The Morgan fingerprint density at radius 3 is 2.57 bits per heavy atom. The average Bonchev–Trinajstić information content (AvgIpc) is 2.34. The second-order valence-corrected chi connectivity index (χ2v) is 7.20. The number of hydrogen-bond acceptors (Lipinski definition) is 3. The molecule has 0 radical (unpaired) electrons. The summed E-state index contributed by atoms with van der Waals surface area (Å²) < 4.78 is 23.2. The van der Waals surface area contributed by atoms with Gasteiger partial charge in [-0.3, -0.25) is 4.79 Å². The van der Waals surface area contributed by atoms with Gasteiger partial charge in [-0.1, -0.05) is 19.4 Å². The molecular weight excluding hydrogens is 288 g/mol. The summed E-state index contributed by atoms with van der Waals surface area (Å²) in [5.41, 5.74) is 0.962. The van der Waals surface area contributed by atoms with Crippen LogP contribution in [0.3, 0.4) is 0 Å². The predicted octanol–water partition coefficient (Wildman–Crippen LogP) is 1.81. The summed E-state index contributed by atoms with van der Waals surface area (Å²) >= 11 is 0. The molecule has 3 N–H and O–H groups in total. The molecule has 1 amide bonds. The molecule has 1 saturated carbocycles. The number of nitrogens with one attached hydrogen (secondary N) is 1. The standard InChI is InChI=1S/C15H22N2O3S/c1-3-11-7-8-13(9-14(11)21(16,19)20)15(18)17-10(2)12-5-4-6-12/h7-10,12H,3-6H2,1-2H3,(H,17,18)(H2,16,19,20). The Bertz CT molecular complexity index is 636. The smallest absolute Gasteiger partial charge is 0.251 e. The number of nitrogens with two attached hydrogens (primary N) is 1. The van der Waals surface area contributed by atoms with Crippen molar-refractivity contribution >= 4 is 15.9 Å². The van der Waals surface area contributed by atoms with Gasteiger partial charge in [0.25, 0.3) is 5.91 Å². The summed E-state index contributed by atoms with van der Waals surface area (Å²) in [5, 5.41) is 8.16. The van der Waals surface area contributed by atoms with Crippen molar-refractivity contribution in [2.75, 3.05) is 0 Å². The van der Waals surface area contributed by atoms with Crippen molar-refractivity contribution in [1.29, 1.82) is 0 Å². The van der Waals surface area contributed by atoms with Gasteiger partial charge in [0.15, 0.2) is 0 Å². The quantitative estimate of drug-likeness (QED) is 0.869. The van der Waals surface area contributed by atoms with E-state index in [0.717, 1.165) is 12.8 Å². The Labute approximate surface area is 126 Å². The van der Waals surface area contributed by atoms with E-state index in [4.69, 9.17) is 5.14 Å². The molecule has 1 unspecified atom stereocenters. The number of aryl methyl sites for hydroxylation is 1. The summed E-state index contributed by atoms with van der Waals surface area (Å²) in [6.07, 6.45) is 4.04. The van der Waals surface area contributed by atoms with Crippen LogP contribution in [0.2, 0.25) is 0 Å². The number of carbonyl (C=O) groups excluding carboxylic acids is 1. The minimum Gasteiger partial charge on any atom is -0.349 e. The molecule has 0 aromatic heterocycles. The van der Waals surface area contributed by atoms with Crippen molar-refractivity contribution in [3.05, 3.63) is 29.3 Å². The summed E-state index contributed by atoms with van der Waals surface area (Å²) in [4.78, 5) is 12.3. The Morgan fingerprint density at radius 1 is 1.43 bits per heavy atom. The Hall–Kier alpha value is -1.40. The van der Waals surface area contributed by atoms with Crippen molar-refractivity contribution in [1.82, 2.24) is 5.32 Å². The summed E-state index contributed by atoms with van der Waals surface area (Å²) in [6, 6.07) is 4.78. The van der Waals surface area contributed by atoms with Crippen LogP contribution in [0.5, 0.6) is 0 Å². The molecule has 1 fully saturated rings. The molecule has 0 heterocycles. The molecule has 1 aliphatic rings. The minimum atomic E-state index is -3.82. The van der Waals surface area contributed by atoms with Gasteiger partial charge >= 0.3 is 0 Å². The normalized spacial score (nSPS) is 17.1. The lowest BCUT2D eigenvalue weighted by Crippen LogP contribution is -2.40. The maximum Gasteiger partial charge on any atom is 0.251 e. The largest absolute Gasteiger partial charge is 0.349 e. The SMILES string of the molecule is CCc1ccc(C(=O)NC(C)C2CCC2)cc1S(N)(=O)=O. The van der Waals surface area contributed by atoms with Crippen molar-refractivity contribution in [3.63, 3.8) is 0 Å². The van der Waals surface area contributed by atoms with Crippen molar-refractivity contribution in [3.8, 4) is 0 Å². The van der Waals surface area contributed by atoms with E-state index in [1.807, 2.05) is 13.8 Å². The fourth-order valence-electron chi connectivity index (χ4n) is 2.60. The number of sulfonamides is 1. The zero-order chi connectivity index (χ0) is 15.6. The van der Waals surface area contributed by atoms with Crippen LogP contribution in [0.15, 0.2) is 23.1 Å². The molecule has 1 atom stereocenters. The number of rotatable bonds is 5. The van der Waals surface area contributed by atoms with Gasteiger partial charge in [-0.05, 0) is 49.8 Å². The number of hydrogen-bond donors (Lipinski definition) is 2. The van der Waals surface area contributed by atoms with Crippen molar-refractivity contribution in [2.45, 2.75) is 50.5 Å². The highest BCUT2D eigenvalue weighted by Crippen LogP contribution is 2.29. The lowest BCUT2D eigenvalue weighted by molar-refractivity contribution is 0.0909. The number of primary sulfonamides is 1. The molecular formula is C15H22N2O3S. The highest BCUT2D eigenvalue weighted by molar-refractivity contribution is 7.89. The zero-order valence-electron chi connectivity index (χ0n) is 12.4. The van der Waals surface area contributed by atoms with E-state index in [2.05, 4.69) is 5.32 Å². The van der Waals surface area contributed by atoms with Crippen molar-refractivity contribution in [2.24, 2.45) is 11.1 Å². The maximum absolute atomic E-state index is 12.2. The van der Waals surface area contributed by atoms with Crippen LogP contribution < -0.4 is 10.5 Å². The molecule has 116 valence electrons. The van der Waals surface area contributed by atoms with Crippen LogP contribution in [-0.2, 0) is 16.4 Å². The zero-order valence-corrected chi connectivity index (χ0v) is 13.2. The van der Waals surface area contributed by atoms with Gasteiger partial charge in [-0.2, -0.15) is 0 Å². The predicted molar refractivity (Wildman–Crippen MR) is 81.5 cm³/mol. The van der Waals surface area contributed by atoms with E-state index in [1.165, 1.54) is 12.5 Å². The van der Waals surface area contributed by atoms with Gasteiger partial charge in [-0.15, -0.1) is 0 Å². The van der Waals surface area contributed by atoms with Gasteiger partial charge < -0.3 is 5.32 Å². The molecule has 1 aliphatic carbocycles. The second kappa shape index (κ2) is 6.15. The lowest BCUT2D eigenvalue weighted by atomic mass is 9.80. The van der Waals surface area contributed by atoms with Crippen LogP contribution in [0, 0.1) is 5.92 Å². The monoisotopic (exact) mass is 310 g/mol. The fourth-order valence-corrected chi connectivity index (χ4v) is 3.47. The number of amides is 1. The molecule has 0 saturated heterocycles. The molecule has 5 nitrogen and oxygen atoms in total. The molecule has 0 bridgehead atoms. The topological polar surface area (TPSA) is 89.3 Å². The van der Waals surface area contributed by atoms with Gasteiger partial charge in [0.05, 0.1) is 4.90 Å². The lowest BCUT2D eigenvalue weighted by Gasteiger charge is -2.31. The van der Waals surface area contributed by atoms with E-state index < -0.39 is 10.0 Å². The van der Waals surface area contributed by atoms with Crippen molar-refractivity contribution < 1.29 is 13.2 Å². The first kappa shape index (κ1) is 16.0. The molecule has 0 aliphatic heterocycles.